The molecule has 2 aromatic rings. The molecule has 0 amide bonds. The molecule has 110 valence electrons. The van der Waals surface area contributed by atoms with Gasteiger partial charge in [-0.1, -0.05) is 17.7 Å². The van der Waals surface area contributed by atoms with Crippen molar-refractivity contribution in [1.82, 2.24) is 9.78 Å². The van der Waals surface area contributed by atoms with Gasteiger partial charge < -0.3 is 5.32 Å². The lowest BCUT2D eigenvalue weighted by Crippen LogP contribution is -2.23. The van der Waals surface area contributed by atoms with E-state index in [1.165, 1.54) is 39.3 Å². The molecule has 0 unspecified atom stereocenters. The van der Waals surface area contributed by atoms with E-state index in [4.69, 9.17) is 11.6 Å². The van der Waals surface area contributed by atoms with Crippen LogP contribution in [0.3, 0.4) is 0 Å². The molecule has 0 saturated heterocycles. The predicted molar refractivity (Wildman–Crippen MR) is 87.4 cm³/mol. The minimum Gasteiger partial charge on any atom is -0.377 e. The maximum absolute atomic E-state index is 12.0. The van der Waals surface area contributed by atoms with Gasteiger partial charge in [0.2, 0.25) is 0 Å². The van der Waals surface area contributed by atoms with Crippen LogP contribution in [0.2, 0.25) is 5.02 Å². The van der Waals surface area contributed by atoms with Crippen molar-refractivity contribution in [2.75, 3.05) is 5.32 Å². The molecule has 3 rings (SSSR count). The fourth-order valence-corrected chi connectivity index (χ4v) is 3.91. The fourth-order valence-electron chi connectivity index (χ4n) is 2.50. The number of fused-ring (bicyclic) bond motifs is 1. The van der Waals surface area contributed by atoms with Gasteiger partial charge in [-0.2, -0.15) is 5.10 Å². The molecule has 0 fully saturated rings. The molecule has 4 nitrogen and oxygen atoms in total. The zero-order valence-electron chi connectivity index (χ0n) is 11.6. The van der Waals surface area contributed by atoms with Gasteiger partial charge in [-0.25, -0.2) is 4.68 Å². The molecular formula is C15H16ClN3OS. The summed E-state index contributed by atoms with van der Waals surface area (Å²) in [5, 5.41) is 7.46. The highest BCUT2D eigenvalue weighted by Gasteiger charge is 2.15. The molecule has 0 spiro atoms. The standard InChI is InChI=1S/C15H16ClN3OS/c1-2-6-19-15(20)14(16)12(9-18-19)17-8-11-7-10-4-3-5-13(10)21-11/h2,7,9,17H,1,3-6,8H2. The van der Waals surface area contributed by atoms with Gasteiger partial charge in [0.1, 0.15) is 5.02 Å². The third kappa shape index (κ3) is 2.89. The topological polar surface area (TPSA) is 46.9 Å². The van der Waals surface area contributed by atoms with E-state index in [0.717, 1.165) is 0 Å². The van der Waals surface area contributed by atoms with Crippen molar-refractivity contribution in [3.05, 3.63) is 55.6 Å². The SMILES string of the molecule is C=CCn1ncc(NCc2cc3c(s2)CCC3)c(Cl)c1=O. The molecule has 1 N–H and O–H groups in total. The Bertz CT molecular complexity index is 714. The van der Waals surface area contributed by atoms with E-state index in [0.29, 0.717) is 18.8 Å². The van der Waals surface area contributed by atoms with E-state index in [-0.39, 0.29) is 10.6 Å². The number of nitrogens with zero attached hydrogens (tertiary/aromatic N) is 2. The molecular weight excluding hydrogens is 306 g/mol. The first-order valence-electron chi connectivity index (χ1n) is 6.90. The third-order valence-corrected chi connectivity index (χ3v) is 5.14. The quantitative estimate of drug-likeness (QED) is 0.860. The summed E-state index contributed by atoms with van der Waals surface area (Å²) in [6, 6.07) is 2.25. The lowest BCUT2D eigenvalue weighted by atomic mass is 10.2. The number of allylic oxidation sites excluding steroid dienone is 1. The number of aromatic nitrogens is 2. The molecule has 0 atom stereocenters. The lowest BCUT2D eigenvalue weighted by Gasteiger charge is -2.08. The van der Waals surface area contributed by atoms with Gasteiger partial charge >= 0.3 is 0 Å². The molecule has 0 radical (unpaired) electrons. The first-order chi connectivity index (χ1) is 10.2. The maximum atomic E-state index is 12.0. The van der Waals surface area contributed by atoms with Crippen molar-refractivity contribution in [1.29, 1.82) is 0 Å². The van der Waals surface area contributed by atoms with Crippen LogP contribution in [0.4, 0.5) is 5.69 Å². The molecule has 6 heteroatoms. The second kappa shape index (κ2) is 6.03. The molecule has 1 aliphatic carbocycles. The van der Waals surface area contributed by atoms with Crippen molar-refractivity contribution >= 4 is 28.6 Å². The van der Waals surface area contributed by atoms with Crippen LogP contribution in [-0.4, -0.2) is 9.78 Å². The second-order valence-electron chi connectivity index (χ2n) is 5.02. The van der Waals surface area contributed by atoms with Crippen LogP contribution in [0.5, 0.6) is 0 Å². The van der Waals surface area contributed by atoms with Gasteiger partial charge in [0, 0.05) is 16.3 Å². The molecule has 0 aromatic carbocycles. The average molecular weight is 322 g/mol. The highest BCUT2D eigenvalue weighted by Crippen LogP contribution is 2.31. The van der Waals surface area contributed by atoms with Gasteiger partial charge in [-0.3, -0.25) is 4.79 Å². The number of rotatable bonds is 5. The Hall–Kier alpha value is -1.59. The second-order valence-corrected chi connectivity index (χ2v) is 6.62. The molecule has 21 heavy (non-hydrogen) atoms. The number of hydrogen-bond donors (Lipinski definition) is 1. The monoisotopic (exact) mass is 321 g/mol. The largest absolute Gasteiger partial charge is 0.377 e. The number of thiophene rings is 1. The number of anilines is 1. The Morgan fingerprint density at radius 2 is 2.38 bits per heavy atom. The minimum atomic E-state index is -0.296. The number of hydrogen-bond acceptors (Lipinski definition) is 4. The van der Waals surface area contributed by atoms with Crippen LogP contribution in [0.15, 0.2) is 29.7 Å². The summed E-state index contributed by atoms with van der Waals surface area (Å²) in [7, 11) is 0. The highest BCUT2D eigenvalue weighted by atomic mass is 35.5. The minimum absolute atomic E-state index is 0.177. The van der Waals surface area contributed by atoms with Crippen LogP contribution in [0.25, 0.3) is 0 Å². The van der Waals surface area contributed by atoms with E-state index in [1.54, 1.807) is 12.3 Å². The van der Waals surface area contributed by atoms with Gasteiger partial charge in [0.05, 0.1) is 18.4 Å². The van der Waals surface area contributed by atoms with Crippen LogP contribution >= 0.6 is 22.9 Å². The Kier molecular flexibility index (Phi) is 4.12. The first-order valence-corrected chi connectivity index (χ1v) is 8.09. The Labute approximate surface area is 132 Å². The Morgan fingerprint density at radius 1 is 1.52 bits per heavy atom. The summed E-state index contributed by atoms with van der Waals surface area (Å²) in [5.74, 6) is 0. The van der Waals surface area contributed by atoms with Crippen LogP contribution in [0.1, 0.15) is 21.7 Å². The van der Waals surface area contributed by atoms with Crippen LogP contribution in [0, 0.1) is 0 Å². The van der Waals surface area contributed by atoms with Crippen LogP contribution in [-0.2, 0) is 25.9 Å². The van der Waals surface area contributed by atoms with Gasteiger partial charge in [-0.05, 0) is 30.9 Å². The average Bonchev–Trinajstić information content (AvgIpc) is 3.04. The molecule has 0 aliphatic heterocycles. The normalized spacial score (nSPS) is 13.2. The summed E-state index contributed by atoms with van der Waals surface area (Å²) in [6.45, 7) is 4.62. The molecule has 2 heterocycles. The zero-order chi connectivity index (χ0) is 14.8. The Morgan fingerprint density at radius 3 is 3.14 bits per heavy atom. The molecule has 1 aliphatic rings. The molecule has 0 bridgehead atoms. The summed E-state index contributed by atoms with van der Waals surface area (Å²) in [4.78, 5) is 14.8. The third-order valence-electron chi connectivity index (χ3n) is 3.54. The van der Waals surface area contributed by atoms with Gasteiger partial charge in [-0.15, -0.1) is 17.9 Å². The van der Waals surface area contributed by atoms with Crippen molar-refractivity contribution in [3.63, 3.8) is 0 Å². The van der Waals surface area contributed by atoms with Crippen molar-refractivity contribution in [3.8, 4) is 0 Å². The number of halogens is 1. The maximum Gasteiger partial charge on any atom is 0.287 e. The van der Waals surface area contributed by atoms with Crippen molar-refractivity contribution in [2.24, 2.45) is 0 Å². The van der Waals surface area contributed by atoms with E-state index in [1.807, 2.05) is 11.3 Å². The van der Waals surface area contributed by atoms with E-state index < -0.39 is 0 Å². The van der Waals surface area contributed by atoms with E-state index in [9.17, 15) is 4.79 Å². The Balaban J connectivity index is 1.74. The summed E-state index contributed by atoms with van der Waals surface area (Å²) < 4.78 is 1.29. The predicted octanol–water partition coefficient (Wildman–Crippen LogP) is 3.25. The molecule has 0 saturated carbocycles. The zero-order valence-corrected chi connectivity index (χ0v) is 13.1. The smallest absolute Gasteiger partial charge is 0.287 e. The van der Waals surface area contributed by atoms with Gasteiger partial charge in [0.15, 0.2) is 0 Å². The number of aryl methyl sites for hydroxylation is 2. The van der Waals surface area contributed by atoms with Crippen molar-refractivity contribution < 1.29 is 0 Å². The molecule has 2 aromatic heterocycles. The van der Waals surface area contributed by atoms with E-state index >= 15 is 0 Å². The highest BCUT2D eigenvalue weighted by molar-refractivity contribution is 7.12. The van der Waals surface area contributed by atoms with E-state index in [2.05, 4.69) is 23.1 Å². The summed E-state index contributed by atoms with van der Waals surface area (Å²) in [6.07, 6.45) is 6.86. The summed E-state index contributed by atoms with van der Waals surface area (Å²) in [5.41, 5.74) is 1.76. The fraction of sp³-hybridized carbons (Fsp3) is 0.333. The van der Waals surface area contributed by atoms with Crippen molar-refractivity contribution in [2.45, 2.75) is 32.4 Å². The van der Waals surface area contributed by atoms with Crippen LogP contribution < -0.4 is 10.9 Å². The lowest BCUT2D eigenvalue weighted by molar-refractivity contribution is 0.653. The summed E-state index contributed by atoms with van der Waals surface area (Å²) >= 11 is 7.95. The first kappa shape index (κ1) is 14.4. The van der Waals surface area contributed by atoms with Gasteiger partial charge in [0.25, 0.3) is 5.56 Å². The number of nitrogens with one attached hydrogen (secondary N) is 1.